The average Bonchev–Trinajstić information content (AvgIpc) is 3.08. The molecule has 3 rings (SSSR count). The minimum Gasteiger partial charge on any atom is -0.379 e. The summed E-state index contributed by atoms with van der Waals surface area (Å²) in [6, 6.07) is 10.4. The predicted molar refractivity (Wildman–Crippen MR) is 103 cm³/mol. The molecule has 1 N–H and O–H groups in total. The number of benzene rings is 1. The zero-order valence-electron chi connectivity index (χ0n) is 15.3. The van der Waals surface area contributed by atoms with E-state index in [9.17, 15) is 13.2 Å². The number of rotatable bonds is 6. The van der Waals surface area contributed by atoms with E-state index in [4.69, 9.17) is 4.74 Å². The van der Waals surface area contributed by atoms with Crippen molar-refractivity contribution in [2.24, 2.45) is 5.92 Å². The molecule has 144 valence electrons. The first-order valence-electron chi connectivity index (χ1n) is 8.66. The van der Waals surface area contributed by atoms with Gasteiger partial charge in [0, 0.05) is 30.9 Å². The van der Waals surface area contributed by atoms with Crippen LogP contribution < -0.4 is 9.62 Å². The van der Waals surface area contributed by atoms with E-state index in [1.807, 2.05) is 12.1 Å². The maximum atomic E-state index is 12.6. The summed E-state index contributed by atoms with van der Waals surface area (Å²) < 4.78 is 29.9. The van der Waals surface area contributed by atoms with Gasteiger partial charge in [-0.2, -0.15) is 0 Å². The highest BCUT2D eigenvalue weighted by Gasteiger charge is 2.30. The van der Waals surface area contributed by atoms with Crippen LogP contribution in [0.1, 0.15) is 15.9 Å². The molecule has 7 nitrogen and oxygen atoms in total. The van der Waals surface area contributed by atoms with Crippen molar-refractivity contribution in [2.75, 3.05) is 30.8 Å². The molecular formula is C19H23N3O4S. The fourth-order valence-electron chi connectivity index (χ4n) is 3.05. The lowest BCUT2D eigenvalue weighted by Crippen LogP contribution is -2.40. The van der Waals surface area contributed by atoms with Crippen molar-refractivity contribution < 1.29 is 17.9 Å². The summed E-state index contributed by atoms with van der Waals surface area (Å²) in [5, 5.41) is 3.03. The lowest BCUT2D eigenvalue weighted by Gasteiger charge is -2.20. The number of aromatic nitrogens is 1. The second kappa shape index (κ2) is 8.06. The summed E-state index contributed by atoms with van der Waals surface area (Å²) in [4.78, 5) is 16.6. The normalized spacial score (nSPS) is 19.6. The van der Waals surface area contributed by atoms with Gasteiger partial charge in [0.05, 0.1) is 31.2 Å². The zero-order valence-corrected chi connectivity index (χ0v) is 16.1. The number of sulfonamides is 1. The largest absolute Gasteiger partial charge is 0.379 e. The van der Waals surface area contributed by atoms with Crippen LogP contribution in [0.2, 0.25) is 0 Å². The van der Waals surface area contributed by atoms with E-state index in [1.54, 1.807) is 36.7 Å². The van der Waals surface area contributed by atoms with Gasteiger partial charge in [0.1, 0.15) is 0 Å². The third-order valence-corrected chi connectivity index (χ3v) is 5.96. The van der Waals surface area contributed by atoms with Crippen LogP contribution >= 0.6 is 0 Å². The number of carbonyl (C=O) groups is 1. The van der Waals surface area contributed by atoms with Crippen molar-refractivity contribution >= 4 is 21.6 Å². The predicted octanol–water partition coefficient (Wildman–Crippen LogP) is 1.46. The fraction of sp³-hybridized carbons (Fsp3) is 0.368. The van der Waals surface area contributed by atoms with Gasteiger partial charge in [-0.1, -0.05) is 0 Å². The van der Waals surface area contributed by atoms with Gasteiger partial charge in [-0.25, -0.2) is 8.42 Å². The van der Waals surface area contributed by atoms with Crippen LogP contribution in [-0.2, 0) is 21.2 Å². The zero-order chi connectivity index (χ0) is 19.4. The quantitative estimate of drug-likeness (QED) is 0.808. The number of nitrogens with zero attached hydrogens (tertiary/aromatic N) is 2. The molecule has 1 aliphatic heterocycles. The molecule has 1 aromatic carbocycles. The molecule has 2 atom stereocenters. The molecule has 2 aromatic rings. The van der Waals surface area contributed by atoms with Gasteiger partial charge in [-0.05, 0) is 48.4 Å². The van der Waals surface area contributed by atoms with Crippen LogP contribution in [0.25, 0.3) is 0 Å². The summed E-state index contributed by atoms with van der Waals surface area (Å²) in [7, 11) is -1.86. The lowest BCUT2D eigenvalue weighted by atomic mass is 9.95. The lowest BCUT2D eigenvalue weighted by molar-refractivity contribution is 0.0925. The van der Waals surface area contributed by atoms with E-state index in [0.717, 1.165) is 18.2 Å². The Balaban J connectivity index is 1.64. The Kier molecular flexibility index (Phi) is 5.76. The van der Waals surface area contributed by atoms with Gasteiger partial charge in [-0.3, -0.25) is 14.1 Å². The molecule has 2 heterocycles. The Morgan fingerprint density at radius 2 is 1.85 bits per heavy atom. The Morgan fingerprint density at radius 1 is 1.19 bits per heavy atom. The Labute approximate surface area is 159 Å². The number of hydrogen-bond acceptors (Lipinski definition) is 5. The van der Waals surface area contributed by atoms with E-state index in [1.165, 1.54) is 11.4 Å². The number of ether oxygens (including phenoxy) is 1. The molecule has 1 aliphatic rings. The standard InChI is InChI=1S/C19H23N3O4S/c1-22(27(2,24)25)17-5-3-15(4-6-17)19(23)21-18-13-26-12-16(18)11-14-7-9-20-10-8-14/h3-10,16,18H,11-13H2,1-2H3,(H,21,23)/t16-,18-/m1/s1. The maximum Gasteiger partial charge on any atom is 0.251 e. The van der Waals surface area contributed by atoms with Gasteiger partial charge in [-0.15, -0.1) is 0 Å². The van der Waals surface area contributed by atoms with E-state index in [2.05, 4.69) is 10.3 Å². The Bertz CT molecular complexity index is 885. The SMILES string of the molecule is CN(c1ccc(C(=O)N[C@@H]2COC[C@H]2Cc2ccncc2)cc1)S(C)(=O)=O. The third-order valence-electron chi connectivity index (χ3n) is 4.75. The molecule has 0 radical (unpaired) electrons. The van der Waals surface area contributed by atoms with Gasteiger partial charge in [0.2, 0.25) is 10.0 Å². The van der Waals surface area contributed by atoms with Crippen molar-refractivity contribution in [3.63, 3.8) is 0 Å². The minimum absolute atomic E-state index is 0.0657. The molecule has 1 saturated heterocycles. The third kappa shape index (κ3) is 4.84. The molecule has 0 aliphatic carbocycles. The van der Waals surface area contributed by atoms with Crippen LogP contribution in [0.4, 0.5) is 5.69 Å². The summed E-state index contributed by atoms with van der Waals surface area (Å²) in [5.74, 6) is 0.00535. The number of pyridine rings is 1. The first-order valence-corrected chi connectivity index (χ1v) is 10.5. The van der Waals surface area contributed by atoms with Crippen molar-refractivity contribution in [3.05, 3.63) is 59.9 Å². The van der Waals surface area contributed by atoms with Gasteiger partial charge in [0.25, 0.3) is 5.91 Å². The highest BCUT2D eigenvalue weighted by molar-refractivity contribution is 7.92. The number of hydrogen-bond donors (Lipinski definition) is 1. The van der Waals surface area contributed by atoms with Crippen LogP contribution in [0.3, 0.4) is 0 Å². The second-order valence-corrected chi connectivity index (χ2v) is 8.73. The molecule has 1 amide bonds. The van der Waals surface area contributed by atoms with Crippen LogP contribution in [-0.4, -0.2) is 51.9 Å². The second-order valence-electron chi connectivity index (χ2n) is 6.71. The first-order chi connectivity index (χ1) is 12.8. The summed E-state index contributed by atoms with van der Waals surface area (Å²) in [6.45, 7) is 1.09. The smallest absolute Gasteiger partial charge is 0.251 e. The van der Waals surface area contributed by atoms with Crippen molar-refractivity contribution in [2.45, 2.75) is 12.5 Å². The van der Waals surface area contributed by atoms with E-state index in [0.29, 0.717) is 24.5 Å². The maximum absolute atomic E-state index is 12.6. The van der Waals surface area contributed by atoms with Crippen molar-refractivity contribution in [1.29, 1.82) is 0 Å². The highest BCUT2D eigenvalue weighted by atomic mass is 32.2. The molecule has 1 fully saturated rings. The highest BCUT2D eigenvalue weighted by Crippen LogP contribution is 2.20. The molecule has 0 saturated carbocycles. The number of carbonyl (C=O) groups excluding carboxylic acids is 1. The molecule has 8 heteroatoms. The van der Waals surface area contributed by atoms with Gasteiger partial charge >= 0.3 is 0 Å². The molecule has 0 spiro atoms. The average molecular weight is 389 g/mol. The summed E-state index contributed by atoms with van der Waals surface area (Å²) in [6.07, 6.45) is 5.46. The Hall–Kier alpha value is -2.45. The summed E-state index contributed by atoms with van der Waals surface area (Å²) in [5.41, 5.74) is 2.15. The fourth-order valence-corrected chi connectivity index (χ4v) is 3.55. The van der Waals surface area contributed by atoms with Crippen LogP contribution in [0, 0.1) is 5.92 Å². The first kappa shape index (κ1) is 19.3. The summed E-state index contributed by atoms with van der Waals surface area (Å²) >= 11 is 0. The number of amides is 1. The van der Waals surface area contributed by atoms with Crippen molar-refractivity contribution in [3.8, 4) is 0 Å². The van der Waals surface area contributed by atoms with E-state index >= 15 is 0 Å². The van der Waals surface area contributed by atoms with E-state index < -0.39 is 10.0 Å². The minimum atomic E-state index is -3.33. The molecule has 27 heavy (non-hydrogen) atoms. The molecule has 1 aromatic heterocycles. The topological polar surface area (TPSA) is 88.6 Å². The van der Waals surface area contributed by atoms with Gasteiger partial charge in [0.15, 0.2) is 0 Å². The molecule has 0 bridgehead atoms. The molecular weight excluding hydrogens is 366 g/mol. The number of anilines is 1. The Morgan fingerprint density at radius 3 is 2.48 bits per heavy atom. The van der Waals surface area contributed by atoms with Crippen LogP contribution in [0.5, 0.6) is 0 Å². The van der Waals surface area contributed by atoms with E-state index in [-0.39, 0.29) is 17.9 Å². The van der Waals surface area contributed by atoms with Gasteiger partial charge < -0.3 is 10.1 Å². The van der Waals surface area contributed by atoms with Crippen molar-refractivity contribution in [1.82, 2.24) is 10.3 Å². The molecule has 0 unspecified atom stereocenters. The number of nitrogens with one attached hydrogen (secondary N) is 1. The van der Waals surface area contributed by atoms with Crippen LogP contribution in [0.15, 0.2) is 48.8 Å². The monoisotopic (exact) mass is 389 g/mol.